The highest BCUT2D eigenvalue weighted by Crippen LogP contribution is 2.39. The molecule has 2 aromatic carbocycles. The van der Waals surface area contributed by atoms with Crippen LogP contribution in [0.3, 0.4) is 0 Å². The van der Waals surface area contributed by atoms with Gasteiger partial charge in [0.1, 0.15) is 5.75 Å². The number of non-ortho nitro benzene ring substituents is 1. The molecule has 0 radical (unpaired) electrons. The molecule has 2 rings (SSSR count). The smallest absolute Gasteiger partial charge is 0.272 e. The zero-order valence-electron chi connectivity index (χ0n) is 13.1. The average Bonchev–Trinajstić information content (AvgIpc) is 2.57. The zero-order valence-corrected chi connectivity index (χ0v) is 15.4. The molecular formula is C15H13Cl2NO6S. The van der Waals surface area contributed by atoms with Crippen molar-refractivity contribution in [1.29, 1.82) is 0 Å². The minimum absolute atomic E-state index is 0.0369. The number of ether oxygens (including phenoxy) is 2. The fourth-order valence-electron chi connectivity index (χ4n) is 1.88. The summed E-state index contributed by atoms with van der Waals surface area (Å²) in [5.74, 6) is 0.302. The molecule has 0 fully saturated rings. The van der Waals surface area contributed by atoms with Crippen LogP contribution in [0.15, 0.2) is 41.3 Å². The van der Waals surface area contributed by atoms with Crippen LogP contribution in [0.5, 0.6) is 11.5 Å². The molecule has 1 atom stereocenters. The van der Waals surface area contributed by atoms with Gasteiger partial charge in [0.25, 0.3) is 5.69 Å². The van der Waals surface area contributed by atoms with E-state index in [9.17, 15) is 18.5 Å². The van der Waals surface area contributed by atoms with E-state index >= 15 is 0 Å². The summed E-state index contributed by atoms with van der Waals surface area (Å²) in [5.41, 5.74) is -1.25. The molecular weight excluding hydrogens is 393 g/mol. The second kappa shape index (κ2) is 7.57. The quantitative estimate of drug-likeness (QED) is 0.519. The number of methoxy groups -OCH3 is 1. The Bertz CT molecular complexity index is 876. The summed E-state index contributed by atoms with van der Waals surface area (Å²) in [5, 5.41) is 10.7. The van der Waals surface area contributed by atoms with Crippen molar-refractivity contribution in [3.8, 4) is 11.5 Å². The molecule has 7 nitrogen and oxygen atoms in total. The lowest BCUT2D eigenvalue weighted by atomic mass is 10.3. The fourth-order valence-corrected chi connectivity index (χ4v) is 3.59. The normalized spacial score (nSPS) is 12.6. The maximum atomic E-state index is 12.2. The maximum Gasteiger partial charge on any atom is 0.272 e. The second-order valence-electron chi connectivity index (χ2n) is 4.92. The van der Waals surface area contributed by atoms with E-state index in [0.29, 0.717) is 0 Å². The molecule has 0 aromatic heterocycles. The third-order valence-corrected chi connectivity index (χ3v) is 5.89. The van der Waals surface area contributed by atoms with Crippen LogP contribution in [0.25, 0.3) is 0 Å². The van der Waals surface area contributed by atoms with E-state index in [0.717, 1.165) is 12.1 Å². The highest BCUT2D eigenvalue weighted by molar-refractivity contribution is 7.91. The number of benzene rings is 2. The summed E-state index contributed by atoms with van der Waals surface area (Å²) in [7, 11) is -2.31. The minimum Gasteiger partial charge on any atom is -0.454 e. The first-order valence-corrected chi connectivity index (χ1v) is 9.15. The van der Waals surface area contributed by atoms with E-state index in [2.05, 4.69) is 0 Å². The lowest BCUT2D eigenvalue weighted by molar-refractivity contribution is -0.384. The summed E-state index contributed by atoms with van der Waals surface area (Å²) < 4.78 is 34.7. The van der Waals surface area contributed by atoms with E-state index in [1.807, 2.05) is 0 Å². The Labute approximate surface area is 154 Å². The molecule has 0 saturated carbocycles. The van der Waals surface area contributed by atoms with Crippen molar-refractivity contribution in [3.05, 3.63) is 56.6 Å². The van der Waals surface area contributed by atoms with E-state index in [4.69, 9.17) is 32.7 Å². The van der Waals surface area contributed by atoms with Crippen molar-refractivity contribution >= 4 is 38.7 Å². The van der Waals surface area contributed by atoms with Gasteiger partial charge in [-0.2, -0.15) is 0 Å². The van der Waals surface area contributed by atoms with Crippen molar-refractivity contribution in [2.45, 2.75) is 17.3 Å². The Morgan fingerprint density at radius 2 is 1.64 bits per heavy atom. The van der Waals surface area contributed by atoms with Gasteiger partial charge in [-0.1, -0.05) is 23.2 Å². The molecule has 10 heteroatoms. The molecule has 0 N–H and O–H groups in total. The molecule has 0 spiro atoms. The van der Waals surface area contributed by atoms with Gasteiger partial charge in [-0.25, -0.2) is 8.42 Å². The monoisotopic (exact) mass is 405 g/mol. The average molecular weight is 406 g/mol. The molecule has 0 aliphatic heterocycles. The van der Waals surface area contributed by atoms with Gasteiger partial charge in [0.15, 0.2) is 11.2 Å². The topological polar surface area (TPSA) is 95.7 Å². The van der Waals surface area contributed by atoms with Gasteiger partial charge in [-0.3, -0.25) is 10.1 Å². The van der Waals surface area contributed by atoms with Crippen molar-refractivity contribution in [1.82, 2.24) is 0 Å². The van der Waals surface area contributed by atoms with E-state index in [1.54, 1.807) is 0 Å². The predicted octanol–water partition coefficient (Wildman–Crippen LogP) is 4.46. The van der Waals surface area contributed by atoms with Gasteiger partial charge in [0.05, 0.1) is 19.9 Å². The van der Waals surface area contributed by atoms with Gasteiger partial charge >= 0.3 is 0 Å². The Balaban J connectivity index is 2.30. The van der Waals surface area contributed by atoms with Crippen molar-refractivity contribution < 1.29 is 22.8 Å². The van der Waals surface area contributed by atoms with Crippen LogP contribution in [0, 0.1) is 10.1 Å². The fraction of sp³-hybridized carbons (Fsp3) is 0.200. The Kier molecular flexibility index (Phi) is 5.89. The molecule has 0 aliphatic carbocycles. The van der Waals surface area contributed by atoms with Gasteiger partial charge in [-0.15, -0.1) is 0 Å². The first-order chi connectivity index (χ1) is 11.7. The third kappa shape index (κ3) is 4.21. The number of hydrogen-bond acceptors (Lipinski definition) is 6. The molecule has 25 heavy (non-hydrogen) atoms. The van der Waals surface area contributed by atoms with E-state index < -0.39 is 20.2 Å². The van der Waals surface area contributed by atoms with Crippen LogP contribution in [0.2, 0.25) is 10.0 Å². The van der Waals surface area contributed by atoms with Crippen LogP contribution < -0.4 is 4.74 Å². The van der Waals surface area contributed by atoms with Crippen LogP contribution in [0.4, 0.5) is 5.69 Å². The number of nitro groups is 1. The number of halogens is 2. The van der Waals surface area contributed by atoms with Crippen LogP contribution in [-0.4, -0.2) is 25.9 Å². The van der Waals surface area contributed by atoms with Gasteiger partial charge in [0, 0.05) is 19.2 Å². The van der Waals surface area contributed by atoms with E-state index in [1.165, 1.54) is 38.3 Å². The lowest BCUT2D eigenvalue weighted by Gasteiger charge is -2.12. The maximum absolute atomic E-state index is 12.2. The molecule has 0 aliphatic rings. The molecule has 0 bridgehead atoms. The summed E-state index contributed by atoms with van der Waals surface area (Å²) >= 11 is 11.9. The number of sulfone groups is 1. The highest BCUT2D eigenvalue weighted by atomic mass is 35.5. The SMILES string of the molecule is COC(C)S(=O)(=O)c1ccc(Oc2c(Cl)cc([N+](=O)[O-])cc2Cl)cc1. The lowest BCUT2D eigenvalue weighted by Crippen LogP contribution is -2.19. The third-order valence-electron chi connectivity index (χ3n) is 3.33. The first kappa shape index (κ1) is 19.5. The summed E-state index contributed by atoms with van der Waals surface area (Å²) in [6.07, 6.45) is 0. The van der Waals surface area contributed by atoms with Crippen LogP contribution in [0.1, 0.15) is 6.92 Å². The number of nitrogens with zero attached hydrogens (tertiary/aromatic N) is 1. The largest absolute Gasteiger partial charge is 0.454 e. The molecule has 0 amide bonds. The summed E-state index contributed by atoms with van der Waals surface area (Å²) in [6, 6.07) is 7.77. The van der Waals surface area contributed by atoms with Crippen molar-refractivity contribution in [2.75, 3.05) is 7.11 Å². The second-order valence-corrected chi connectivity index (χ2v) is 7.96. The van der Waals surface area contributed by atoms with Gasteiger partial charge in [0.2, 0.25) is 9.84 Å². The molecule has 134 valence electrons. The van der Waals surface area contributed by atoms with Crippen LogP contribution in [-0.2, 0) is 14.6 Å². The predicted molar refractivity (Wildman–Crippen MR) is 93.3 cm³/mol. The Hall–Kier alpha value is -1.87. The number of rotatable bonds is 6. The Morgan fingerprint density at radius 3 is 2.08 bits per heavy atom. The summed E-state index contributed by atoms with van der Waals surface area (Å²) in [6.45, 7) is 1.43. The van der Waals surface area contributed by atoms with Gasteiger partial charge < -0.3 is 9.47 Å². The standard InChI is InChI=1S/C15H13Cl2NO6S/c1-9(23-2)25(21,22)12-5-3-11(4-6-12)24-15-13(16)7-10(18(19)20)8-14(15)17/h3-9H,1-2H3. The van der Waals surface area contributed by atoms with Crippen molar-refractivity contribution in [2.24, 2.45) is 0 Å². The molecule has 0 saturated heterocycles. The minimum atomic E-state index is -3.62. The highest BCUT2D eigenvalue weighted by Gasteiger charge is 2.23. The molecule has 1 unspecified atom stereocenters. The molecule has 0 heterocycles. The van der Waals surface area contributed by atoms with Gasteiger partial charge in [-0.05, 0) is 31.2 Å². The number of nitro benzene ring substituents is 1. The van der Waals surface area contributed by atoms with Crippen LogP contribution >= 0.6 is 23.2 Å². The first-order valence-electron chi connectivity index (χ1n) is 6.85. The van der Waals surface area contributed by atoms with Crippen molar-refractivity contribution in [3.63, 3.8) is 0 Å². The zero-order chi connectivity index (χ0) is 18.8. The Morgan fingerprint density at radius 1 is 1.12 bits per heavy atom. The van der Waals surface area contributed by atoms with E-state index in [-0.39, 0.29) is 32.1 Å². The summed E-state index contributed by atoms with van der Waals surface area (Å²) in [4.78, 5) is 10.2. The number of hydrogen-bond donors (Lipinski definition) is 0. The molecule has 2 aromatic rings.